The molecule has 0 radical (unpaired) electrons. The van der Waals surface area contributed by atoms with Crippen molar-refractivity contribution in [2.45, 2.75) is 5.41 Å². The van der Waals surface area contributed by atoms with Gasteiger partial charge in [-0.15, -0.1) is 11.3 Å². The maximum absolute atomic E-state index is 2.74. The Labute approximate surface area is 333 Å². The second-order valence-corrected chi connectivity index (χ2v) is 17.0. The molecule has 57 heavy (non-hydrogen) atoms. The van der Waals surface area contributed by atoms with Crippen molar-refractivity contribution in [2.24, 2.45) is 0 Å². The molecule has 11 aromatic rings. The van der Waals surface area contributed by atoms with Crippen LogP contribution in [0.2, 0.25) is 0 Å². The number of thiophene rings is 1. The Kier molecular flexibility index (Phi) is 5.70. The molecule has 0 saturated heterocycles. The summed E-state index contributed by atoms with van der Waals surface area (Å²) in [5.41, 5.74) is 16.5. The van der Waals surface area contributed by atoms with E-state index in [1.54, 1.807) is 0 Å². The van der Waals surface area contributed by atoms with E-state index >= 15 is 0 Å². The number of benzene rings is 9. The van der Waals surface area contributed by atoms with Crippen LogP contribution in [-0.4, -0.2) is 11.4 Å². The van der Waals surface area contributed by atoms with E-state index in [2.05, 4.69) is 197 Å². The standard InChI is InChI=1S/C53H31BN2S/c1-3-16-33(17-4-1)53(34-18-5-2-6-19-34)40-24-10-11-27-43(40)56-50-36(22-13-25-41(50)53)39-31-46-48(37-21-9-12-28-45(37)57-46)52-49(39)54(56)42-26-14-23-38-47-35-20-8-7-15-32(35)29-30-44(47)55(52)51(38)42/h1-31H. The Balaban J connectivity index is 1.23. The third-order valence-corrected chi connectivity index (χ3v) is 14.5. The van der Waals surface area contributed by atoms with Gasteiger partial charge in [0, 0.05) is 47.9 Å². The highest BCUT2D eigenvalue weighted by atomic mass is 32.1. The first-order valence-corrected chi connectivity index (χ1v) is 20.7. The zero-order valence-electron chi connectivity index (χ0n) is 30.8. The predicted molar refractivity (Wildman–Crippen MR) is 242 cm³/mol. The lowest BCUT2D eigenvalue weighted by molar-refractivity contribution is 0.734. The van der Waals surface area contributed by atoms with Crippen LogP contribution in [0.1, 0.15) is 22.3 Å². The zero-order chi connectivity index (χ0) is 37.0. The van der Waals surface area contributed by atoms with Gasteiger partial charge in [0.1, 0.15) is 0 Å². The van der Waals surface area contributed by atoms with Gasteiger partial charge in [0.15, 0.2) is 0 Å². The number of hydrogen-bond acceptors (Lipinski definition) is 2. The van der Waals surface area contributed by atoms with Gasteiger partial charge >= 0.3 is 6.85 Å². The Bertz CT molecular complexity index is 3500. The molecule has 0 fully saturated rings. The molecule has 0 saturated carbocycles. The number of fused-ring (bicyclic) bond motifs is 15. The molecule has 3 aliphatic heterocycles. The first-order valence-electron chi connectivity index (χ1n) is 19.9. The van der Waals surface area contributed by atoms with Gasteiger partial charge in [-0.1, -0.05) is 164 Å². The molecular formula is C53H31BN2S. The molecule has 0 N–H and O–H groups in total. The molecule has 3 aliphatic rings. The summed E-state index contributed by atoms with van der Waals surface area (Å²) < 4.78 is 5.32. The number of hydrogen-bond donors (Lipinski definition) is 0. The van der Waals surface area contributed by atoms with Crippen LogP contribution in [0, 0.1) is 0 Å². The van der Waals surface area contributed by atoms with Gasteiger partial charge in [-0.3, -0.25) is 0 Å². The quantitative estimate of drug-likeness (QED) is 0.160. The molecule has 2 nitrogen and oxygen atoms in total. The molecule has 0 unspecified atom stereocenters. The monoisotopic (exact) mass is 738 g/mol. The van der Waals surface area contributed by atoms with Crippen molar-refractivity contribution in [1.29, 1.82) is 0 Å². The summed E-state index contributed by atoms with van der Waals surface area (Å²) in [6, 6.07) is 71.1. The van der Waals surface area contributed by atoms with Crippen LogP contribution in [0.25, 0.3) is 69.6 Å². The summed E-state index contributed by atoms with van der Waals surface area (Å²) in [7, 11) is 0. The topological polar surface area (TPSA) is 8.17 Å². The molecule has 9 aromatic carbocycles. The second kappa shape index (κ2) is 10.7. The van der Waals surface area contributed by atoms with Crippen LogP contribution in [0.15, 0.2) is 188 Å². The van der Waals surface area contributed by atoms with E-state index in [1.165, 1.54) is 114 Å². The van der Waals surface area contributed by atoms with Crippen molar-refractivity contribution in [3.63, 3.8) is 0 Å². The van der Waals surface area contributed by atoms with Crippen LogP contribution < -0.4 is 15.7 Å². The molecule has 0 atom stereocenters. The largest absolute Gasteiger partial charge is 0.376 e. The van der Waals surface area contributed by atoms with Crippen molar-refractivity contribution < 1.29 is 0 Å². The summed E-state index contributed by atoms with van der Waals surface area (Å²) in [5.74, 6) is 0. The number of para-hydroxylation sites is 3. The van der Waals surface area contributed by atoms with E-state index in [-0.39, 0.29) is 6.85 Å². The van der Waals surface area contributed by atoms with E-state index < -0.39 is 5.41 Å². The Morgan fingerprint density at radius 3 is 2.00 bits per heavy atom. The number of nitrogens with zero attached hydrogens (tertiary/aromatic N) is 2. The van der Waals surface area contributed by atoms with E-state index in [0.29, 0.717) is 0 Å². The Morgan fingerprint density at radius 1 is 0.474 bits per heavy atom. The van der Waals surface area contributed by atoms with Crippen molar-refractivity contribution >= 4 is 93.2 Å². The summed E-state index contributed by atoms with van der Waals surface area (Å²) in [5, 5.41) is 7.91. The van der Waals surface area contributed by atoms with Crippen molar-refractivity contribution in [3.05, 3.63) is 210 Å². The van der Waals surface area contributed by atoms with Gasteiger partial charge in [-0.05, 0) is 73.8 Å². The first kappa shape index (κ1) is 30.4. The van der Waals surface area contributed by atoms with Gasteiger partial charge in [0.05, 0.1) is 22.1 Å². The summed E-state index contributed by atoms with van der Waals surface area (Å²) >= 11 is 1.93. The molecule has 262 valence electrons. The maximum atomic E-state index is 2.74. The fourth-order valence-corrected chi connectivity index (χ4v) is 12.5. The number of rotatable bonds is 2. The lowest BCUT2D eigenvalue weighted by Gasteiger charge is -2.52. The lowest BCUT2D eigenvalue weighted by atomic mass is 9.42. The van der Waals surface area contributed by atoms with Crippen molar-refractivity contribution in [2.75, 3.05) is 4.81 Å². The van der Waals surface area contributed by atoms with E-state index in [9.17, 15) is 0 Å². The van der Waals surface area contributed by atoms with Crippen LogP contribution in [0.5, 0.6) is 0 Å². The molecule has 14 rings (SSSR count). The molecule has 4 heteroatoms. The highest BCUT2D eigenvalue weighted by Crippen LogP contribution is 2.60. The molecule has 2 aromatic heterocycles. The smallest absolute Gasteiger partial charge is 0.333 e. The van der Waals surface area contributed by atoms with Gasteiger partial charge in [-0.2, -0.15) is 0 Å². The lowest BCUT2D eigenvalue weighted by Crippen LogP contribution is -2.62. The molecule has 0 aliphatic carbocycles. The van der Waals surface area contributed by atoms with Gasteiger partial charge in [0.2, 0.25) is 0 Å². The summed E-state index contributed by atoms with van der Waals surface area (Å²) in [6.45, 7) is -0.0517. The molecule has 0 spiro atoms. The third kappa shape index (κ3) is 3.56. The van der Waals surface area contributed by atoms with Crippen LogP contribution in [-0.2, 0) is 5.41 Å². The Morgan fingerprint density at radius 2 is 1.16 bits per heavy atom. The van der Waals surface area contributed by atoms with Gasteiger partial charge in [-0.25, -0.2) is 0 Å². The maximum Gasteiger partial charge on any atom is 0.333 e. The summed E-state index contributed by atoms with van der Waals surface area (Å²) in [4.78, 5) is 2.74. The summed E-state index contributed by atoms with van der Waals surface area (Å²) in [6.07, 6.45) is 0. The van der Waals surface area contributed by atoms with Crippen LogP contribution in [0.3, 0.4) is 0 Å². The molecule has 0 bridgehead atoms. The zero-order valence-corrected chi connectivity index (χ0v) is 31.6. The molecule has 5 heterocycles. The van der Waals surface area contributed by atoms with Crippen LogP contribution in [0.4, 0.5) is 11.4 Å². The number of aromatic nitrogens is 1. The highest BCUT2D eigenvalue weighted by molar-refractivity contribution is 7.26. The van der Waals surface area contributed by atoms with E-state index in [1.807, 2.05) is 11.3 Å². The van der Waals surface area contributed by atoms with Gasteiger partial charge in [0.25, 0.3) is 0 Å². The van der Waals surface area contributed by atoms with Gasteiger partial charge < -0.3 is 9.38 Å². The fourth-order valence-electron chi connectivity index (χ4n) is 11.4. The van der Waals surface area contributed by atoms with E-state index in [4.69, 9.17) is 0 Å². The fraction of sp³-hybridized carbons (Fsp3) is 0.0189. The van der Waals surface area contributed by atoms with Crippen LogP contribution >= 0.6 is 11.3 Å². The van der Waals surface area contributed by atoms with E-state index in [0.717, 1.165) is 0 Å². The normalized spacial score (nSPS) is 14.4. The average Bonchev–Trinajstić information content (AvgIpc) is 3.83. The van der Waals surface area contributed by atoms with Crippen molar-refractivity contribution in [1.82, 2.24) is 4.57 Å². The number of anilines is 2. The average molecular weight is 739 g/mol. The molecular weight excluding hydrogens is 707 g/mol. The minimum absolute atomic E-state index is 0.0517. The predicted octanol–water partition coefficient (Wildman–Crippen LogP) is 12.2. The second-order valence-electron chi connectivity index (χ2n) is 15.9. The highest BCUT2D eigenvalue weighted by Gasteiger charge is 2.53. The first-order chi connectivity index (χ1) is 28.3. The SMILES string of the molecule is c1ccc(C2(c3ccccc3)c3ccccc3N3B4c5c(cc6sc7ccccc7c6c5-n5c6ccc7ccccc7c6c6cccc4c65)-c4cccc2c43)cc1. The van der Waals surface area contributed by atoms with Crippen molar-refractivity contribution in [3.8, 4) is 16.8 Å². The minimum Gasteiger partial charge on any atom is -0.376 e. The molecule has 0 amide bonds. The Hall–Kier alpha value is -6.88. The third-order valence-electron chi connectivity index (χ3n) is 13.4. The minimum atomic E-state index is -0.530.